The van der Waals surface area contributed by atoms with E-state index in [9.17, 15) is 9.59 Å². The van der Waals surface area contributed by atoms with Crippen LogP contribution in [0.3, 0.4) is 0 Å². The molecule has 0 saturated carbocycles. The molecule has 0 aliphatic carbocycles. The smallest absolute Gasteiger partial charge is 0.236 e. The maximum absolute atomic E-state index is 11.8. The highest BCUT2D eigenvalue weighted by molar-refractivity contribution is 5.84. The van der Waals surface area contributed by atoms with Crippen molar-refractivity contribution in [2.75, 3.05) is 19.6 Å². The lowest BCUT2D eigenvalue weighted by Gasteiger charge is -2.21. The van der Waals surface area contributed by atoms with E-state index in [1.165, 1.54) is 0 Å². The number of hydrogen-bond acceptors (Lipinski definition) is 3. The molecule has 5 nitrogen and oxygen atoms in total. The lowest BCUT2D eigenvalue weighted by molar-refractivity contribution is -0.131. The average molecular weight is 227 g/mol. The van der Waals surface area contributed by atoms with Crippen molar-refractivity contribution in [1.82, 2.24) is 10.2 Å². The molecule has 1 rings (SSSR count). The van der Waals surface area contributed by atoms with Crippen LogP contribution in [0.2, 0.25) is 0 Å². The first kappa shape index (κ1) is 13.0. The number of nitrogens with two attached hydrogens (primary N) is 1. The summed E-state index contributed by atoms with van der Waals surface area (Å²) in [5.41, 5.74) is 4.78. The summed E-state index contributed by atoms with van der Waals surface area (Å²) in [4.78, 5) is 24.7. The van der Waals surface area contributed by atoms with Gasteiger partial charge in [-0.1, -0.05) is 13.8 Å². The van der Waals surface area contributed by atoms with Crippen LogP contribution >= 0.6 is 0 Å². The first-order valence-corrected chi connectivity index (χ1v) is 5.66. The summed E-state index contributed by atoms with van der Waals surface area (Å²) >= 11 is 0. The molecule has 16 heavy (non-hydrogen) atoms. The Balaban J connectivity index is 2.47. The van der Waals surface area contributed by atoms with Gasteiger partial charge in [0.15, 0.2) is 0 Å². The van der Waals surface area contributed by atoms with E-state index in [1.807, 2.05) is 20.8 Å². The Labute approximate surface area is 96.4 Å². The fourth-order valence-corrected chi connectivity index (χ4v) is 1.78. The van der Waals surface area contributed by atoms with Crippen molar-refractivity contribution in [2.24, 2.45) is 11.1 Å². The van der Waals surface area contributed by atoms with E-state index in [0.717, 1.165) is 0 Å². The molecular weight excluding hydrogens is 206 g/mol. The van der Waals surface area contributed by atoms with E-state index in [1.54, 1.807) is 4.90 Å². The van der Waals surface area contributed by atoms with Gasteiger partial charge in [0.2, 0.25) is 11.8 Å². The predicted molar refractivity (Wildman–Crippen MR) is 61.6 cm³/mol. The summed E-state index contributed by atoms with van der Waals surface area (Å²) in [5.74, 6) is -0.279. The van der Waals surface area contributed by atoms with Crippen molar-refractivity contribution in [2.45, 2.75) is 33.2 Å². The molecule has 0 aromatic carbocycles. The minimum absolute atomic E-state index is 0.0404. The Bertz CT molecular complexity index is 291. The molecule has 1 saturated heterocycles. The third-order valence-electron chi connectivity index (χ3n) is 3.08. The highest BCUT2D eigenvalue weighted by atomic mass is 16.2. The summed E-state index contributed by atoms with van der Waals surface area (Å²) in [6, 6.07) is 0.286. The summed E-state index contributed by atoms with van der Waals surface area (Å²) in [6.07, 6.45) is 0.662. The van der Waals surface area contributed by atoms with Gasteiger partial charge in [0.05, 0.1) is 12.0 Å². The van der Waals surface area contributed by atoms with Gasteiger partial charge in [-0.05, 0) is 13.3 Å². The monoisotopic (exact) mass is 227 g/mol. The average Bonchev–Trinajstić information content (AvgIpc) is 2.59. The third-order valence-corrected chi connectivity index (χ3v) is 3.08. The molecule has 1 aliphatic heterocycles. The van der Waals surface area contributed by atoms with Crippen molar-refractivity contribution in [1.29, 1.82) is 0 Å². The SMILES string of the molecule is CC(C)NCC(=O)N1CCC(C)(C(N)=O)C1. The van der Waals surface area contributed by atoms with Crippen LogP contribution in [0.4, 0.5) is 0 Å². The number of carbonyl (C=O) groups excluding carboxylic acids is 2. The van der Waals surface area contributed by atoms with Crippen LogP contribution in [0.15, 0.2) is 0 Å². The zero-order chi connectivity index (χ0) is 12.3. The number of nitrogens with zero attached hydrogens (tertiary/aromatic N) is 1. The van der Waals surface area contributed by atoms with E-state index in [-0.39, 0.29) is 17.9 Å². The van der Waals surface area contributed by atoms with Crippen molar-refractivity contribution in [3.05, 3.63) is 0 Å². The molecule has 0 radical (unpaired) electrons. The lowest BCUT2D eigenvalue weighted by Crippen LogP contribution is -2.42. The molecule has 0 spiro atoms. The van der Waals surface area contributed by atoms with Gasteiger partial charge in [-0.2, -0.15) is 0 Å². The van der Waals surface area contributed by atoms with E-state index in [4.69, 9.17) is 5.73 Å². The molecular formula is C11H21N3O2. The highest BCUT2D eigenvalue weighted by Crippen LogP contribution is 2.29. The third kappa shape index (κ3) is 2.95. The first-order chi connectivity index (χ1) is 7.35. The summed E-state index contributed by atoms with van der Waals surface area (Å²) in [7, 11) is 0. The fraction of sp³-hybridized carbons (Fsp3) is 0.818. The standard InChI is InChI=1S/C11H21N3O2/c1-8(2)13-6-9(15)14-5-4-11(3,7-14)10(12)16/h8,13H,4-7H2,1-3H3,(H2,12,16). The molecule has 1 unspecified atom stereocenters. The summed E-state index contributed by atoms with van der Waals surface area (Å²) in [6.45, 7) is 7.19. The van der Waals surface area contributed by atoms with Crippen LogP contribution in [0.5, 0.6) is 0 Å². The molecule has 3 N–H and O–H groups in total. The summed E-state index contributed by atoms with van der Waals surface area (Å²) < 4.78 is 0. The minimum atomic E-state index is -0.548. The second kappa shape index (κ2) is 4.82. The van der Waals surface area contributed by atoms with Crippen LogP contribution in [0, 0.1) is 5.41 Å². The topological polar surface area (TPSA) is 75.4 Å². The van der Waals surface area contributed by atoms with Gasteiger partial charge in [-0.25, -0.2) is 0 Å². The quantitative estimate of drug-likeness (QED) is 0.693. The Kier molecular flexibility index (Phi) is 3.91. The van der Waals surface area contributed by atoms with Crippen molar-refractivity contribution >= 4 is 11.8 Å². The molecule has 0 aromatic heterocycles. The van der Waals surface area contributed by atoms with Gasteiger partial charge < -0.3 is 16.0 Å². The van der Waals surface area contributed by atoms with Crippen LogP contribution in [-0.4, -0.2) is 42.4 Å². The molecule has 5 heteroatoms. The van der Waals surface area contributed by atoms with Gasteiger partial charge in [-0.15, -0.1) is 0 Å². The van der Waals surface area contributed by atoms with Crippen LogP contribution in [-0.2, 0) is 9.59 Å². The molecule has 0 bridgehead atoms. The molecule has 92 valence electrons. The second-order valence-corrected chi connectivity index (χ2v) is 5.03. The van der Waals surface area contributed by atoms with Crippen LogP contribution in [0.25, 0.3) is 0 Å². The van der Waals surface area contributed by atoms with Gasteiger partial charge >= 0.3 is 0 Å². The van der Waals surface area contributed by atoms with Crippen LogP contribution in [0.1, 0.15) is 27.2 Å². The Morgan fingerprint density at radius 2 is 2.12 bits per heavy atom. The number of amides is 2. The van der Waals surface area contributed by atoms with E-state index < -0.39 is 5.41 Å². The van der Waals surface area contributed by atoms with E-state index in [2.05, 4.69) is 5.32 Å². The van der Waals surface area contributed by atoms with E-state index in [0.29, 0.717) is 26.1 Å². The Hall–Kier alpha value is -1.10. The van der Waals surface area contributed by atoms with Gasteiger partial charge in [-0.3, -0.25) is 9.59 Å². The number of carbonyl (C=O) groups is 2. The second-order valence-electron chi connectivity index (χ2n) is 5.03. The molecule has 1 heterocycles. The van der Waals surface area contributed by atoms with E-state index >= 15 is 0 Å². The lowest BCUT2D eigenvalue weighted by atomic mass is 9.89. The molecule has 1 aliphatic rings. The van der Waals surface area contributed by atoms with Gasteiger partial charge in [0.1, 0.15) is 0 Å². The highest BCUT2D eigenvalue weighted by Gasteiger charge is 2.40. The number of rotatable bonds is 4. The minimum Gasteiger partial charge on any atom is -0.369 e. The number of primary amides is 1. The molecule has 0 aromatic rings. The van der Waals surface area contributed by atoms with Crippen molar-refractivity contribution < 1.29 is 9.59 Å². The number of nitrogens with one attached hydrogen (secondary N) is 1. The zero-order valence-electron chi connectivity index (χ0n) is 10.2. The summed E-state index contributed by atoms with van der Waals surface area (Å²) in [5, 5.41) is 3.07. The maximum Gasteiger partial charge on any atom is 0.236 e. The molecule has 2 amide bonds. The van der Waals surface area contributed by atoms with Crippen molar-refractivity contribution in [3.8, 4) is 0 Å². The Morgan fingerprint density at radius 3 is 2.56 bits per heavy atom. The van der Waals surface area contributed by atoms with Gasteiger partial charge in [0.25, 0.3) is 0 Å². The largest absolute Gasteiger partial charge is 0.369 e. The van der Waals surface area contributed by atoms with Gasteiger partial charge in [0, 0.05) is 19.1 Å². The molecule has 1 atom stereocenters. The zero-order valence-corrected chi connectivity index (χ0v) is 10.2. The maximum atomic E-state index is 11.8. The molecule has 1 fully saturated rings. The first-order valence-electron chi connectivity index (χ1n) is 5.66. The fourth-order valence-electron chi connectivity index (χ4n) is 1.78. The predicted octanol–water partition coefficient (Wildman–Crippen LogP) is -0.292. The Morgan fingerprint density at radius 1 is 1.50 bits per heavy atom. The normalized spacial score (nSPS) is 25.1. The van der Waals surface area contributed by atoms with Crippen LogP contribution < -0.4 is 11.1 Å². The number of hydrogen-bond donors (Lipinski definition) is 2. The number of likely N-dealkylation sites (tertiary alicyclic amines) is 1. The van der Waals surface area contributed by atoms with Crippen molar-refractivity contribution in [3.63, 3.8) is 0 Å².